The van der Waals surface area contributed by atoms with E-state index < -0.39 is 11.6 Å². The van der Waals surface area contributed by atoms with E-state index in [2.05, 4.69) is 6.92 Å². The van der Waals surface area contributed by atoms with E-state index in [1.807, 2.05) is 0 Å². The Bertz CT molecular complexity index is 767. The molecular formula is C23H30O5. The Kier molecular flexibility index (Phi) is 4.63. The highest BCUT2D eigenvalue weighted by Gasteiger charge is 2.67. The number of carbonyl (C=O) groups is 4. The highest BCUT2D eigenvalue weighted by Crippen LogP contribution is 2.66. The Morgan fingerprint density at radius 3 is 2.54 bits per heavy atom. The molecule has 0 heterocycles. The quantitative estimate of drug-likeness (QED) is 0.548. The number of aldehydes is 1. The lowest BCUT2D eigenvalue weighted by molar-refractivity contribution is -0.186. The van der Waals surface area contributed by atoms with Crippen molar-refractivity contribution < 1.29 is 23.9 Å². The number of ether oxygens (including phenoxy) is 1. The molecule has 0 radical (unpaired) electrons. The van der Waals surface area contributed by atoms with Crippen molar-refractivity contribution >= 4 is 23.8 Å². The van der Waals surface area contributed by atoms with Gasteiger partial charge in [0.05, 0.1) is 0 Å². The van der Waals surface area contributed by atoms with E-state index in [0.29, 0.717) is 30.6 Å². The zero-order valence-corrected chi connectivity index (χ0v) is 17.0. The molecule has 3 fully saturated rings. The molecule has 0 aliphatic heterocycles. The van der Waals surface area contributed by atoms with E-state index in [9.17, 15) is 19.2 Å². The molecule has 0 N–H and O–H groups in total. The summed E-state index contributed by atoms with van der Waals surface area (Å²) >= 11 is 0. The molecule has 4 aliphatic carbocycles. The Labute approximate surface area is 166 Å². The van der Waals surface area contributed by atoms with Gasteiger partial charge in [-0.05, 0) is 75.2 Å². The second-order valence-electron chi connectivity index (χ2n) is 9.64. The summed E-state index contributed by atoms with van der Waals surface area (Å²) in [6, 6.07) is 0. The third-order valence-corrected chi connectivity index (χ3v) is 8.59. The summed E-state index contributed by atoms with van der Waals surface area (Å²) < 4.78 is 5.77. The molecule has 0 aromatic rings. The average molecular weight is 386 g/mol. The Balaban J connectivity index is 1.71. The van der Waals surface area contributed by atoms with E-state index in [1.165, 1.54) is 6.92 Å². The van der Waals surface area contributed by atoms with Crippen molar-refractivity contribution in [2.45, 2.75) is 71.3 Å². The molecule has 0 aromatic carbocycles. The number of fused-ring (bicyclic) bond motifs is 5. The smallest absolute Gasteiger partial charge is 0.303 e. The lowest BCUT2D eigenvalue weighted by Gasteiger charge is -2.56. The first-order valence-electron chi connectivity index (χ1n) is 10.6. The number of hydrogen-bond donors (Lipinski definition) is 0. The van der Waals surface area contributed by atoms with E-state index in [0.717, 1.165) is 44.0 Å². The van der Waals surface area contributed by atoms with Gasteiger partial charge in [-0.15, -0.1) is 0 Å². The van der Waals surface area contributed by atoms with Crippen LogP contribution < -0.4 is 0 Å². The van der Waals surface area contributed by atoms with Crippen LogP contribution in [0.3, 0.4) is 0 Å². The molecule has 0 spiro atoms. The first-order chi connectivity index (χ1) is 13.2. The molecular weight excluding hydrogens is 356 g/mol. The summed E-state index contributed by atoms with van der Waals surface area (Å²) in [5.41, 5.74) is -0.374. The Hall–Kier alpha value is -1.78. The largest absolute Gasteiger partial charge is 0.451 e. The minimum Gasteiger partial charge on any atom is -0.451 e. The lowest BCUT2D eigenvalue weighted by Crippen LogP contribution is -2.58. The van der Waals surface area contributed by atoms with Crippen molar-refractivity contribution in [2.75, 3.05) is 0 Å². The van der Waals surface area contributed by atoms with Crippen LogP contribution in [0.25, 0.3) is 0 Å². The summed E-state index contributed by atoms with van der Waals surface area (Å²) in [7, 11) is 0. The molecule has 0 bridgehead atoms. The van der Waals surface area contributed by atoms with E-state index in [-0.39, 0.29) is 28.8 Å². The highest BCUT2D eigenvalue weighted by atomic mass is 16.6. The van der Waals surface area contributed by atoms with Crippen molar-refractivity contribution in [1.82, 2.24) is 0 Å². The van der Waals surface area contributed by atoms with Crippen LogP contribution in [0.15, 0.2) is 11.6 Å². The minimum atomic E-state index is -1.04. The zero-order valence-electron chi connectivity index (χ0n) is 17.0. The highest BCUT2D eigenvalue weighted by molar-refractivity contribution is 5.92. The molecule has 5 heteroatoms. The predicted octanol–water partition coefficient (Wildman–Crippen LogP) is 3.44. The van der Waals surface area contributed by atoms with Crippen molar-refractivity contribution in [1.29, 1.82) is 0 Å². The van der Waals surface area contributed by atoms with Crippen LogP contribution in [0.2, 0.25) is 0 Å². The maximum atomic E-state index is 12.7. The summed E-state index contributed by atoms with van der Waals surface area (Å²) in [4.78, 5) is 48.4. The second-order valence-corrected chi connectivity index (χ2v) is 9.64. The number of ketones is 2. The van der Waals surface area contributed by atoms with Gasteiger partial charge >= 0.3 is 5.97 Å². The number of allylic oxidation sites excluding steroid dienone is 1. The number of rotatable bonds is 3. The molecule has 3 saturated carbocycles. The molecule has 0 amide bonds. The monoisotopic (exact) mass is 386 g/mol. The SMILES string of the molecule is CC(=O)O[C@]1(C(C)=O)CC[C@H]2[C@@H]3CC(C=O)C4=CC(=O)CC[C@@H]4[C@H]3CC[C@@]21C. The molecule has 1 unspecified atom stereocenters. The van der Waals surface area contributed by atoms with Crippen molar-refractivity contribution in [3.8, 4) is 0 Å². The van der Waals surface area contributed by atoms with Gasteiger partial charge in [0.1, 0.15) is 6.29 Å². The fourth-order valence-electron chi connectivity index (χ4n) is 7.45. The van der Waals surface area contributed by atoms with Crippen LogP contribution in [-0.4, -0.2) is 29.4 Å². The Morgan fingerprint density at radius 1 is 1.14 bits per heavy atom. The van der Waals surface area contributed by atoms with Gasteiger partial charge in [-0.3, -0.25) is 14.4 Å². The van der Waals surface area contributed by atoms with Gasteiger partial charge in [0.2, 0.25) is 0 Å². The average Bonchev–Trinajstić information content (AvgIpc) is 2.94. The maximum Gasteiger partial charge on any atom is 0.303 e. The minimum absolute atomic E-state index is 0.0576. The Morgan fingerprint density at radius 2 is 1.89 bits per heavy atom. The van der Waals surface area contributed by atoms with E-state index in [4.69, 9.17) is 4.74 Å². The van der Waals surface area contributed by atoms with Crippen molar-refractivity contribution in [3.63, 3.8) is 0 Å². The number of esters is 1. The molecule has 7 atom stereocenters. The summed E-state index contributed by atoms with van der Waals surface area (Å²) in [6.07, 6.45) is 8.12. The van der Waals surface area contributed by atoms with Crippen LogP contribution in [0.4, 0.5) is 0 Å². The van der Waals surface area contributed by atoms with Gasteiger partial charge in [-0.2, -0.15) is 0 Å². The van der Waals surface area contributed by atoms with Gasteiger partial charge in [-0.1, -0.05) is 12.5 Å². The second kappa shape index (κ2) is 6.64. The first kappa shape index (κ1) is 19.5. The van der Waals surface area contributed by atoms with Crippen LogP contribution in [-0.2, 0) is 23.9 Å². The zero-order chi connectivity index (χ0) is 20.3. The number of Topliss-reactive ketones (excluding diaryl/α,β-unsaturated/α-hetero) is 1. The molecule has 0 aromatic heterocycles. The molecule has 4 rings (SSSR count). The third kappa shape index (κ3) is 2.57. The van der Waals surface area contributed by atoms with Crippen LogP contribution >= 0.6 is 0 Å². The summed E-state index contributed by atoms with van der Waals surface area (Å²) in [5, 5.41) is 0. The van der Waals surface area contributed by atoms with Crippen LogP contribution in [0, 0.1) is 35.0 Å². The lowest BCUT2D eigenvalue weighted by atomic mass is 9.49. The standard InChI is InChI=1S/C23H30O5/c1-13(25)23(28-14(2)26)9-7-21-20-10-15(12-24)19-11-16(27)4-5-17(19)18(20)6-8-22(21,23)3/h11-12,15,17-18,20-21H,4-10H2,1-3H3/t15?,17-,18-,20-,21+,22+,23+/m1/s1. The molecule has 5 nitrogen and oxygen atoms in total. The van der Waals surface area contributed by atoms with Crippen molar-refractivity contribution in [3.05, 3.63) is 11.6 Å². The van der Waals surface area contributed by atoms with Gasteiger partial charge in [0.25, 0.3) is 0 Å². The third-order valence-electron chi connectivity index (χ3n) is 8.59. The topological polar surface area (TPSA) is 77.5 Å². The van der Waals surface area contributed by atoms with Gasteiger partial charge < -0.3 is 9.53 Å². The maximum absolute atomic E-state index is 12.7. The van der Waals surface area contributed by atoms with Gasteiger partial charge in [0, 0.05) is 24.7 Å². The van der Waals surface area contributed by atoms with E-state index >= 15 is 0 Å². The number of hydrogen-bond acceptors (Lipinski definition) is 5. The predicted molar refractivity (Wildman–Crippen MR) is 102 cm³/mol. The molecule has 28 heavy (non-hydrogen) atoms. The normalized spacial score (nSPS) is 44.6. The fourth-order valence-corrected chi connectivity index (χ4v) is 7.45. The van der Waals surface area contributed by atoms with Crippen LogP contribution in [0.1, 0.15) is 65.7 Å². The van der Waals surface area contributed by atoms with Gasteiger partial charge in [0.15, 0.2) is 17.2 Å². The molecule has 0 saturated heterocycles. The van der Waals surface area contributed by atoms with Crippen molar-refractivity contribution in [2.24, 2.45) is 35.0 Å². The van der Waals surface area contributed by atoms with Crippen LogP contribution in [0.5, 0.6) is 0 Å². The van der Waals surface area contributed by atoms with E-state index in [1.54, 1.807) is 13.0 Å². The summed E-state index contributed by atoms with van der Waals surface area (Å²) in [5.74, 6) is 0.841. The number of carbonyl (C=O) groups excluding carboxylic acids is 4. The summed E-state index contributed by atoms with van der Waals surface area (Å²) in [6.45, 7) is 5.05. The molecule has 152 valence electrons. The first-order valence-corrected chi connectivity index (χ1v) is 10.6. The fraction of sp³-hybridized carbons (Fsp3) is 0.739. The molecule has 4 aliphatic rings. The van der Waals surface area contributed by atoms with Gasteiger partial charge in [-0.25, -0.2) is 0 Å².